The Morgan fingerprint density at radius 1 is 1.15 bits per heavy atom. The van der Waals surface area contributed by atoms with E-state index in [9.17, 15) is 0 Å². The molecule has 3 fully saturated rings. The van der Waals surface area contributed by atoms with Crippen molar-refractivity contribution in [3.05, 3.63) is 16.6 Å². The van der Waals surface area contributed by atoms with Crippen LogP contribution in [0.1, 0.15) is 56.2 Å². The third-order valence-corrected chi connectivity index (χ3v) is 6.65. The average molecular weight is 291 g/mol. The summed E-state index contributed by atoms with van der Waals surface area (Å²) < 4.78 is 0. The van der Waals surface area contributed by atoms with E-state index in [-0.39, 0.29) is 0 Å². The molecule has 110 valence electrons. The van der Waals surface area contributed by atoms with Gasteiger partial charge in [0.15, 0.2) is 0 Å². The summed E-state index contributed by atoms with van der Waals surface area (Å²) in [5.41, 5.74) is 2.85. The molecule has 1 aliphatic heterocycles. The van der Waals surface area contributed by atoms with Crippen molar-refractivity contribution in [3.63, 3.8) is 0 Å². The monoisotopic (exact) mass is 291 g/mol. The summed E-state index contributed by atoms with van der Waals surface area (Å²) in [7, 11) is 0. The molecule has 3 nitrogen and oxygen atoms in total. The molecule has 1 aromatic rings. The van der Waals surface area contributed by atoms with E-state index in [4.69, 9.17) is 0 Å². The predicted octanol–water partition coefficient (Wildman–Crippen LogP) is 3.17. The van der Waals surface area contributed by atoms with E-state index in [1.165, 1.54) is 69.3 Å². The van der Waals surface area contributed by atoms with Crippen molar-refractivity contribution in [1.82, 2.24) is 15.2 Å². The zero-order valence-corrected chi connectivity index (χ0v) is 13.1. The summed E-state index contributed by atoms with van der Waals surface area (Å²) in [4.78, 5) is 8.53. The van der Waals surface area contributed by atoms with E-state index in [2.05, 4.69) is 21.4 Å². The highest BCUT2D eigenvalue weighted by molar-refractivity contribution is 7.09. The first-order chi connectivity index (χ1) is 9.80. The van der Waals surface area contributed by atoms with Gasteiger partial charge in [0.25, 0.3) is 0 Å². The van der Waals surface area contributed by atoms with Crippen LogP contribution in [-0.2, 0) is 6.54 Å². The van der Waals surface area contributed by atoms with E-state index >= 15 is 0 Å². The highest BCUT2D eigenvalue weighted by Gasteiger charge is 2.49. The van der Waals surface area contributed by atoms with Crippen LogP contribution in [0.5, 0.6) is 0 Å². The van der Waals surface area contributed by atoms with Crippen LogP contribution >= 0.6 is 11.3 Å². The largest absolute Gasteiger partial charge is 0.308 e. The second-order valence-corrected chi connectivity index (χ2v) is 8.07. The lowest BCUT2D eigenvalue weighted by atomic mass is 9.84. The Kier molecular flexibility index (Phi) is 3.36. The van der Waals surface area contributed by atoms with E-state index in [1.54, 1.807) is 0 Å². The quantitative estimate of drug-likeness (QED) is 0.907. The van der Waals surface area contributed by atoms with Crippen LogP contribution in [0.4, 0.5) is 0 Å². The molecule has 0 unspecified atom stereocenters. The van der Waals surface area contributed by atoms with Gasteiger partial charge in [-0.3, -0.25) is 9.88 Å². The number of nitrogens with zero attached hydrogens (tertiary/aromatic N) is 2. The maximum atomic E-state index is 4.27. The molecule has 20 heavy (non-hydrogen) atoms. The van der Waals surface area contributed by atoms with E-state index < -0.39 is 0 Å². The minimum Gasteiger partial charge on any atom is -0.308 e. The minimum absolute atomic E-state index is 0.429. The Morgan fingerprint density at radius 2 is 1.90 bits per heavy atom. The van der Waals surface area contributed by atoms with Gasteiger partial charge >= 0.3 is 0 Å². The Balaban J connectivity index is 1.58. The standard InChI is InChI=1S/C16H25N3S/c1-2-6-15(5-1)12-19(10-14-9-17-13-20-14)16(11-18-15)7-3-4-8-16/h9,13,18H,1-8,10-12H2. The SMILES string of the molecule is c1ncc(CN2CC3(CCCC3)NCC23CCCC3)s1. The summed E-state index contributed by atoms with van der Waals surface area (Å²) >= 11 is 1.82. The fourth-order valence-corrected chi connectivity index (χ4v) is 5.31. The number of nitrogens with one attached hydrogen (secondary N) is 1. The molecule has 4 heteroatoms. The molecule has 1 aromatic heterocycles. The molecule has 2 saturated carbocycles. The summed E-state index contributed by atoms with van der Waals surface area (Å²) in [5.74, 6) is 0. The smallest absolute Gasteiger partial charge is 0.0794 e. The molecule has 0 bridgehead atoms. The molecule has 2 heterocycles. The van der Waals surface area contributed by atoms with Gasteiger partial charge in [-0.05, 0) is 25.7 Å². The van der Waals surface area contributed by atoms with Crippen molar-refractivity contribution in [2.24, 2.45) is 0 Å². The first-order valence-corrected chi connectivity index (χ1v) is 9.06. The Bertz CT molecular complexity index is 444. The van der Waals surface area contributed by atoms with Gasteiger partial charge < -0.3 is 5.32 Å². The predicted molar refractivity (Wildman–Crippen MR) is 82.9 cm³/mol. The molecule has 2 aliphatic carbocycles. The number of hydrogen-bond donors (Lipinski definition) is 1. The van der Waals surface area contributed by atoms with Crippen LogP contribution in [0.3, 0.4) is 0 Å². The maximum Gasteiger partial charge on any atom is 0.0794 e. The molecule has 4 rings (SSSR count). The lowest BCUT2D eigenvalue weighted by Gasteiger charge is -2.52. The second kappa shape index (κ2) is 5.08. The summed E-state index contributed by atoms with van der Waals surface area (Å²) in [6, 6.07) is 0. The second-order valence-electron chi connectivity index (χ2n) is 7.10. The van der Waals surface area contributed by atoms with Crippen LogP contribution < -0.4 is 5.32 Å². The van der Waals surface area contributed by atoms with Gasteiger partial charge in [-0.1, -0.05) is 25.7 Å². The van der Waals surface area contributed by atoms with Crippen LogP contribution in [0.25, 0.3) is 0 Å². The van der Waals surface area contributed by atoms with Crippen molar-refractivity contribution in [3.8, 4) is 0 Å². The van der Waals surface area contributed by atoms with Gasteiger partial charge in [0.1, 0.15) is 0 Å². The molecule has 3 aliphatic rings. The van der Waals surface area contributed by atoms with Crippen LogP contribution in [0.2, 0.25) is 0 Å². The van der Waals surface area contributed by atoms with Gasteiger partial charge in [0, 0.05) is 41.8 Å². The van der Waals surface area contributed by atoms with Gasteiger partial charge in [0.2, 0.25) is 0 Å². The highest BCUT2D eigenvalue weighted by atomic mass is 32.1. The van der Waals surface area contributed by atoms with Gasteiger partial charge in [0.05, 0.1) is 5.51 Å². The number of piperazine rings is 1. The van der Waals surface area contributed by atoms with Crippen LogP contribution in [0.15, 0.2) is 11.7 Å². The molecular formula is C16H25N3S. The summed E-state index contributed by atoms with van der Waals surface area (Å²) in [5, 5.41) is 3.98. The first kappa shape index (κ1) is 13.2. The van der Waals surface area contributed by atoms with Crippen LogP contribution in [0, 0.1) is 0 Å². The maximum absolute atomic E-state index is 4.27. The third kappa shape index (κ3) is 2.22. The van der Waals surface area contributed by atoms with Crippen molar-refractivity contribution >= 4 is 11.3 Å². The van der Waals surface area contributed by atoms with Crippen molar-refractivity contribution in [2.75, 3.05) is 13.1 Å². The van der Waals surface area contributed by atoms with Crippen molar-refractivity contribution in [1.29, 1.82) is 0 Å². The zero-order chi connectivity index (χ0) is 13.5. The Labute approximate surface area is 125 Å². The normalized spacial score (nSPS) is 28.6. The lowest BCUT2D eigenvalue weighted by Crippen LogP contribution is -2.68. The van der Waals surface area contributed by atoms with Crippen molar-refractivity contribution < 1.29 is 0 Å². The third-order valence-electron chi connectivity index (χ3n) is 5.88. The minimum atomic E-state index is 0.429. The van der Waals surface area contributed by atoms with Crippen LogP contribution in [-0.4, -0.2) is 34.1 Å². The molecule has 1 saturated heterocycles. The summed E-state index contributed by atoms with van der Waals surface area (Å²) in [6.45, 7) is 3.59. The molecule has 2 spiro atoms. The van der Waals surface area contributed by atoms with Crippen molar-refractivity contribution in [2.45, 2.75) is 69.0 Å². The van der Waals surface area contributed by atoms with Gasteiger partial charge in [-0.25, -0.2) is 0 Å². The molecule has 0 radical (unpaired) electrons. The number of aromatic nitrogens is 1. The number of rotatable bonds is 2. The molecule has 0 amide bonds. The highest BCUT2D eigenvalue weighted by Crippen LogP contribution is 2.43. The van der Waals surface area contributed by atoms with E-state index in [1.807, 2.05) is 16.8 Å². The molecular weight excluding hydrogens is 266 g/mol. The van der Waals surface area contributed by atoms with E-state index in [0.717, 1.165) is 6.54 Å². The average Bonchev–Trinajstić information content (AvgIpc) is 3.18. The Morgan fingerprint density at radius 3 is 2.60 bits per heavy atom. The molecule has 0 atom stereocenters. The topological polar surface area (TPSA) is 28.2 Å². The Hall–Kier alpha value is -0.450. The lowest BCUT2D eigenvalue weighted by molar-refractivity contribution is 0.00344. The summed E-state index contributed by atoms with van der Waals surface area (Å²) in [6.07, 6.45) is 13.2. The fourth-order valence-electron chi connectivity index (χ4n) is 4.70. The molecule has 1 N–H and O–H groups in total. The number of thiazole rings is 1. The van der Waals surface area contributed by atoms with E-state index in [0.29, 0.717) is 11.1 Å². The van der Waals surface area contributed by atoms with Gasteiger partial charge in [-0.15, -0.1) is 11.3 Å². The first-order valence-electron chi connectivity index (χ1n) is 8.18. The van der Waals surface area contributed by atoms with Gasteiger partial charge in [-0.2, -0.15) is 0 Å². The number of hydrogen-bond acceptors (Lipinski definition) is 4. The zero-order valence-electron chi connectivity index (χ0n) is 12.2. The molecule has 0 aromatic carbocycles. The fraction of sp³-hybridized carbons (Fsp3) is 0.812.